The molecule has 0 aliphatic rings. The monoisotopic (exact) mass is 289 g/mol. The molecule has 2 N–H and O–H groups in total. The zero-order valence-corrected chi connectivity index (χ0v) is 12.2. The van der Waals surface area contributed by atoms with Crippen LogP contribution in [0.4, 0.5) is 11.9 Å². The van der Waals surface area contributed by atoms with Crippen LogP contribution in [0, 0.1) is 0 Å². The molecule has 21 heavy (non-hydrogen) atoms. The minimum Gasteiger partial charge on any atom is -0.467 e. The van der Waals surface area contributed by atoms with Crippen molar-refractivity contribution in [2.24, 2.45) is 0 Å². The molecule has 112 valence electrons. The second-order valence-corrected chi connectivity index (χ2v) is 4.33. The van der Waals surface area contributed by atoms with Crippen molar-refractivity contribution < 1.29 is 9.84 Å². The van der Waals surface area contributed by atoms with Crippen molar-refractivity contribution in [2.75, 3.05) is 37.5 Å². The van der Waals surface area contributed by atoms with E-state index in [2.05, 4.69) is 20.3 Å². The summed E-state index contributed by atoms with van der Waals surface area (Å²) >= 11 is 0. The molecule has 1 heterocycles. The lowest BCUT2D eigenvalue weighted by Crippen LogP contribution is -2.28. The van der Waals surface area contributed by atoms with E-state index in [-0.39, 0.29) is 12.6 Å². The molecule has 0 saturated carbocycles. The molecule has 2 aromatic rings. The van der Waals surface area contributed by atoms with E-state index in [1.807, 2.05) is 35.2 Å². The van der Waals surface area contributed by atoms with Crippen molar-refractivity contribution in [1.29, 1.82) is 0 Å². The molecule has 0 bridgehead atoms. The molecular formula is C14H19N5O2. The molecule has 2 rings (SSSR count). The Morgan fingerprint density at radius 1 is 1.19 bits per heavy atom. The van der Waals surface area contributed by atoms with Gasteiger partial charge in [-0.2, -0.15) is 15.0 Å². The first-order valence-electron chi connectivity index (χ1n) is 6.64. The van der Waals surface area contributed by atoms with Crippen LogP contribution in [0.25, 0.3) is 0 Å². The van der Waals surface area contributed by atoms with E-state index in [1.54, 1.807) is 7.05 Å². The minimum absolute atomic E-state index is 0.00964. The smallest absolute Gasteiger partial charge is 0.322 e. The molecule has 0 aliphatic carbocycles. The van der Waals surface area contributed by atoms with E-state index >= 15 is 0 Å². The predicted octanol–water partition coefficient (Wildman–Crippen LogP) is 0.921. The van der Waals surface area contributed by atoms with E-state index in [1.165, 1.54) is 7.11 Å². The van der Waals surface area contributed by atoms with E-state index < -0.39 is 0 Å². The van der Waals surface area contributed by atoms with Gasteiger partial charge in [-0.1, -0.05) is 30.3 Å². The highest BCUT2D eigenvalue weighted by Gasteiger charge is 2.13. The van der Waals surface area contributed by atoms with Crippen molar-refractivity contribution in [3.8, 4) is 6.01 Å². The highest BCUT2D eigenvalue weighted by atomic mass is 16.5. The maximum atomic E-state index is 9.27. The van der Waals surface area contributed by atoms with Crippen LogP contribution >= 0.6 is 0 Å². The van der Waals surface area contributed by atoms with Crippen molar-refractivity contribution >= 4 is 11.9 Å². The highest BCUT2D eigenvalue weighted by molar-refractivity contribution is 5.39. The van der Waals surface area contributed by atoms with Gasteiger partial charge in [0.25, 0.3) is 0 Å². The van der Waals surface area contributed by atoms with E-state index in [9.17, 15) is 5.11 Å². The van der Waals surface area contributed by atoms with Gasteiger partial charge >= 0.3 is 6.01 Å². The number of aliphatic hydroxyl groups is 1. The fraction of sp³-hybridized carbons (Fsp3) is 0.357. The van der Waals surface area contributed by atoms with Crippen molar-refractivity contribution in [3.63, 3.8) is 0 Å². The van der Waals surface area contributed by atoms with Gasteiger partial charge in [0, 0.05) is 20.1 Å². The maximum absolute atomic E-state index is 9.27. The summed E-state index contributed by atoms with van der Waals surface area (Å²) in [6, 6.07) is 10.2. The van der Waals surface area contributed by atoms with Crippen molar-refractivity contribution in [2.45, 2.75) is 6.54 Å². The Bertz CT molecular complexity index is 542. The summed E-state index contributed by atoms with van der Waals surface area (Å²) in [4.78, 5) is 14.5. The average molecular weight is 289 g/mol. The van der Waals surface area contributed by atoms with Gasteiger partial charge in [-0.15, -0.1) is 0 Å². The minimum atomic E-state index is 0.00964. The lowest BCUT2D eigenvalue weighted by Gasteiger charge is -2.22. The van der Waals surface area contributed by atoms with Crippen LogP contribution < -0.4 is 15.0 Å². The summed E-state index contributed by atoms with van der Waals surface area (Å²) in [7, 11) is 3.23. The topological polar surface area (TPSA) is 83.4 Å². The molecule has 0 amide bonds. The average Bonchev–Trinajstić information content (AvgIpc) is 2.55. The van der Waals surface area contributed by atoms with Crippen LogP contribution in [0.2, 0.25) is 0 Å². The van der Waals surface area contributed by atoms with Gasteiger partial charge in [-0.3, -0.25) is 0 Å². The van der Waals surface area contributed by atoms with Crippen LogP contribution in [0.1, 0.15) is 5.56 Å². The Morgan fingerprint density at radius 3 is 2.57 bits per heavy atom. The standard InChI is InChI=1S/C14H19N5O2/c1-15-12-16-13(18-14(17-12)21-2)19(8-9-20)10-11-6-4-3-5-7-11/h3-7,20H,8-10H2,1-2H3,(H,15,16,17,18). The third kappa shape index (κ3) is 4.03. The van der Waals surface area contributed by atoms with Crippen LogP contribution in [0.3, 0.4) is 0 Å². The summed E-state index contributed by atoms with van der Waals surface area (Å²) in [5.74, 6) is 0.886. The van der Waals surface area contributed by atoms with Gasteiger partial charge < -0.3 is 20.1 Å². The number of aliphatic hydroxyl groups excluding tert-OH is 1. The maximum Gasteiger partial charge on any atom is 0.322 e. The van der Waals surface area contributed by atoms with E-state index in [4.69, 9.17) is 4.74 Å². The Hall–Kier alpha value is -2.41. The normalized spacial score (nSPS) is 10.2. The molecule has 0 aliphatic heterocycles. The Kier molecular flexibility index (Phi) is 5.28. The SMILES string of the molecule is CNc1nc(OC)nc(N(CCO)Cc2ccccc2)n1. The summed E-state index contributed by atoms with van der Waals surface area (Å²) in [6.07, 6.45) is 0. The molecule has 0 fully saturated rings. The Balaban J connectivity index is 2.28. The van der Waals surface area contributed by atoms with Gasteiger partial charge in [-0.25, -0.2) is 0 Å². The zero-order chi connectivity index (χ0) is 15.1. The van der Waals surface area contributed by atoms with Gasteiger partial charge in [0.1, 0.15) is 0 Å². The summed E-state index contributed by atoms with van der Waals surface area (Å²) < 4.78 is 5.08. The first-order valence-corrected chi connectivity index (χ1v) is 6.64. The van der Waals surface area contributed by atoms with E-state index in [0.717, 1.165) is 5.56 Å². The van der Waals surface area contributed by atoms with Crippen LogP contribution in [-0.4, -0.2) is 47.4 Å². The number of rotatable bonds is 7. The fourth-order valence-corrected chi connectivity index (χ4v) is 1.86. The third-order valence-corrected chi connectivity index (χ3v) is 2.88. The Morgan fingerprint density at radius 2 is 1.95 bits per heavy atom. The largest absolute Gasteiger partial charge is 0.467 e. The van der Waals surface area contributed by atoms with Crippen LogP contribution in [0.5, 0.6) is 6.01 Å². The fourth-order valence-electron chi connectivity index (χ4n) is 1.86. The lowest BCUT2D eigenvalue weighted by molar-refractivity contribution is 0.300. The molecule has 1 aromatic heterocycles. The number of nitrogens with one attached hydrogen (secondary N) is 1. The number of nitrogens with zero attached hydrogens (tertiary/aromatic N) is 4. The molecule has 7 heteroatoms. The van der Waals surface area contributed by atoms with Gasteiger partial charge in [-0.05, 0) is 5.56 Å². The number of hydrogen-bond donors (Lipinski definition) is 2. The third-order valence-electron chi connectivity index (χ3n) is 2.88. The van der Waals surface area contributed by atoms with Crippen LogP contribution in [0.15, 0.2) is 30.3 Å². The van der Waals surface area contributed by atoms with Crippen LogP contribution in [-0.2, 0) is 6.54 Å². The number of methoxy groups -OCH3 is 1. The first kappa shape index (κ1) is 15.0. The number of benzene rings is 1. The predicted molar refractivity (Wildman–Crippen MR) is 80.5 cm³/mol. The molecule has 0 radical (unpaired) electrons. The van der Waals surface area contributed by atoms with Crippen molar-refractivity contribution in [3.05, 3.63) is 35.9 Å². The number of ether oxygens (including phenoxy) is 1. The molecule has 7 nitrogen and oxygen atoms in total. The van der Waals surface area contributed by atoms with Gasteiger partial charge in [0.05, 0.1) is 13.7 Å². The first-order chi connectivity index (χ1) is 10.3. The quantitative estimate of drug-likeness (QED) is 0.784. The second-order valence-electron chi connectivity index (χ2n) is 4.33. The van der Waals surface area contributed by atoms with Gasteiger partial charge in [0.2, 0.25) is 11.9 Å². The molecule has 0 spiro atoms. The number of aromatic nitrogens is 3. The molecular weight excluding hydrogens is 270 g/mol. The molecule has 0 saturated heterocycles. The molecule has 1 aromatic carbocycles. The molecule has 0 unspecified atom stereocenters. The number of hydrogen-bond acceptors (Lipinski definition) is 7. The molecule has 0 atom stereocenters. The van der Waals surface area contributed by atoms with Crippen molar-refractivity contribution in [1.82, 2.24) is 15.0 Å². The second kappa shape index (κ2) is 7.39. The lowest BCUT2D eigenvalue weighted by atomic mass is 10.2. The zero-order valence-electron chi connectivity index (χ0n) is 12.2. The summed E-state index contributed by atoms with van der Waals surface area (Å²) in [6.45, 7) is 1.03. The Labute approximate surface area is 123 Å². The highest BCUT2D eigenvalue weighted by Crippen LogP contribution is 2.16. The summed E-state index contributed by atoms with van der Waals surface area (Å²) in [5.41, 5.74) is 1.11. The summed E-state index contributed by atoms with van der Waals surface area (Å²) in [5, 5.41) is 12.1. The van der Waals surface area contributed by atoms with E-state index in [0.29, 0.717) is 25.0 Å². The van der Waals surface area contributed by atoms with Gasteiger partial charge in [0.15, 0.2) is 0 Å². The number of anilines is 2.